The first-order valence-electron chi connectivity index (χ1n) is 7.44. The number of hydrogen-bond donors (Lipinski definition) is 0. The van der Waals surface area contributed by atoms with Gasteiger partial charge in [0.2, 0.25) is 0 Å². The Morgan fingerprint density at radius 2 is 1.69 bits per heavy atom. The van der Waals surface area contributed by atoms with E-state index < -0.39 is 6.10 Å². The van der Waals surface area contributed by atoms with Crippen molar-refractivity contribution in [1.29, 1.82) is 0 Å². The molecule has 2 aromatic carbocycles. The van der Waals surface area contributed by atoms with Gasteiger partial charge in [-0.25, -0.2) is 0 Å². The molecule has 26 heavy (non-hydrogen) atoms. The fourth-order valence-corrected chi connectivity index (χ4v) is 3.81. The number of rotatable bonds is 6. The average Bonchev–Trinajstić information content (AvgIpc) is 3.06. The van der Waals surface area contributed by atoms with Crippen LogP contribution in [0.25, 0.3) is 0 Å². The molecule has 0 aliphatic rings. The van der Waals surface area contributed by atoms with Gasteiger partial charge in [0.05, 0.1) is 5.02 Å². The lowest BCUT2D eigenvalue weighted by Crippen LogP contribution is -2.03. The highest BCUT2D eigenvalue weighted by Gasteiger charge is 2.17. The van der Waals surface area contributed by atoms with E-state index in [1.165, 1.54) is 11.8 Å². The molecule has 0 saturated carbocycles. The maximum absolute atomic E-state index is 6.16. The van der Waals surface area contributed by atoms with Crippen LogP contribution in [0.5, 0.6) is 5.75 Å². The van der Waals surface area contributed by atoms with Gasteiger partial charge in [0, 0.05) is 20.8 Å². The summed E-state index contributed by atoms with van der Waals surface area (Å²) in [7, 11) is 0. The fourth-order valence-electron chi connectivity index (χ4n) is 2.03. The van der Waals surface area contributed by atoms with Crippen molar-refractivity contribution >= 4 is 58.2 Å². The van der Waals surface area contributed by atoms with E-state index in [2.05, 4.69) is 10.2 Å². The second kappa shape index (κ2) is 8.72. The molecule has 0 N–H and O–H groups in total. The quantitative estimate of drug-likeness (QED) is 0.375. The highest BCUT2D eigenvalue weighted by atomic mass is 35.5. The average molecular weight is 450 g/mol. The van der Waals surface area contributed by atoms with Crippen LogP contribution in [0.3, 0.4) is 0 Å². The molecule has 1 heterocycles. The van der Waals surface area contributed by atoms with Crippen molar-refractivity contribution in [2.24, 2.45) is 0 Å². The van der Waals surface area contributed by atoms with Crippen molar-refractivity contribution in [3.05, 3.63) is 67.9 Å². The SMILES string of the molecule is C[C@@H](Oc1ccc(Cl)cc1Cl)c1nnc(SCc2ccc(Cl)cc2Cl)o1. The Hall–Kier alpha value is -1.11. The number of nitrogens with zero attached hydrogens (tertiary/aromatic N) is 2. The molecule has 0 amide bonds. The molecular weight excluding hydrogens is 438 g/mol. The van der Waals surface area contributed by atoms with Gasteiger partial charge in [-0.05, 0) is 42.8 Å². The first kappa shape index (κ1) is 19.6. The van der Waals surface area contributed by atoms with Crippen molar-refractivity contribution in [2.45, 2.75) is 24.0 Å². The predicted molar refractivity (Wildman–Crippen MR) is 106 cm³/mol. The Morgan fingerprint density at radius 1 is 1.00 bits per heavy atom. The summed E-state index contributed by atoms with van der Waals surface area (Å²) >= 11 is 25.4. The molecule has 1 aromatic heterocycles. The lowest BCUT2D eigenvalue weighted by molar-refractivity contribution is 0.182. The second-order valence-corrected chi connectivity index (χ2v) is 7.88. The normalized spacial score (nSPS) is 12.2. The van der Waals surface area contributed by atoms with E-state index >= 15 is 0 Å². The van der Waals surface area contributed by atoms with Gasteiger partial charge in [-0.1, -0.05) is 64.2 Å². The molecule has 3 aromatic rings. The molecule has 0 fully saturated rings. The van der Waals surface area contributed by atoms with Crippen LogP contribution in [0.4, 0.5) is 0 Å². The highest BCUT2D eigenvalue weighted by molar-refractivity contribution is 7.98. The van der Waals surface area contributed by atoms with Gasteiger partial charge in [0.1, 0.15) is 5.75 Å². The Morgan fingerprint density at radius 3 is 2.38 bits per heavy atom. The van der Waals surface area contributed by atoms with E-state index in [4.69, 9.17) is 55.6 Å². The van der Waals surface area contributed by atoms with Crippen LogP contribution in [0.2, 0.25) is 20.1 Å². The topological polar surface area (TPSA) is 48.2 Å². The number of aromatic nitrogens is 2. The molecule has 0 radical (unpaired) electrons. The summed E-state index contributed by atoms with van der Waals surface area (Å²) < 4.78 is 11.4. The monoisotopic (exact) mass is 448 g/mol. The minimum absolute atomic E-state index is 0.348. The zero-order valence-corrected chi connectivity index (χ0v) is 17.2. The summed E-state index contributed by atoms with van der Waals surface area (Å²) in [6.45, 7) is 1.79. The molecule has 9 heteroatoms. The van der Waals surface area contributed by atoms with Gasteiger partial charge in [0.25, 0.3) is 11.1 Å². The summed E-state index contributed by atoms with van der Waals surface area (Å²) in [6, 6.07) is 10.3. The van der Waals surface area contributed by atoms with Gasteiger partial charge in [0.15, 0.2) is 6.10 Å². The van der Waals surface area contributed by atoms with Crippen LogP contribution in [-0.2, 0) is 5.75 Å². The largest absolute Gasteiger partial charge is 0.479 e. The summed E-state index contributed by atoms with van der Waals surface area (Å²) in [5.41, 5.74) is 0.929. The van der Waals surface area contributed by atoms with E-state index in [0.29, 0.717) is 42.7 Å². The first-order chi connectivity index (χ1) is 12.4. The zero-order chi connectivity index (χ0) is 18.7. The number of halogens is 4. The molecular formula is C17H12Cl4N2O2S. The van der Waals surface area contributed by atoms with E-state index in [0.717, 1.165) is 5.56 Å². The standard InChI is InChI=1S/C17H12Cl4N2O2S/c1-9(24-15-5-4-12(19)7-14(15)21)16-22-23-17(25-16)26-8-10-2-3-11(18)6-13(10)20/h2-7,9H,8H2,1H3/t9-/m1/s1. The number of thioether (sulfide) groups is 1. The maximum Gasteiger partial charge on any atom is 0.277 e. The van der Waals surface area contributed by atoms with Crippen LogP contribution in [0, 0.1) is 0 Å². The van der Waals surface area contributed by atoms with Crippen LogP contribution < -0.4 is 4.74 Å². The summed E-state index contributed by atoms with van der Waals surface area (Å²) in [4.78, 5) is 0. The number of benzene rings is 2. The Kier molecular flexibility index (Phi) is 6.59. The van der Waals surface area contributed by atoms with Crippen molar-refractivity contribution in [2.75, 3.05) is 0 Å². The van der Waals surface area contributed by atoms with Crippen LogP contribution in [0.1, 0.15) is 24.5 Å². The Labute approximate surface area is 174 Å². The minimum Gasteiger partial charge on any atom is -0.479 e. The number of hydrogen-bond acceptors (Lipinski definition) is 5. The van der Waals surface area contributed by atoms with Crippen molar-refractivity contribution in [3.63, 3.8) is 0 Å². The highest BCUT2D eigenvalue weighted by Crippen LogP contribution is 2.32. The number of ether oxygens (including phenoxy) is 1. The molecule has 0 saturated heterocycles. The van der Waals surface area contributed by atoms with Gasteiger partial charge in [-0.2, -0.15) is 0 Å². The molecule has 0 unspecified atom stereocenters. The molecule has 1 atom stereocenters. The fraction of sp³-hybridized carbons (Fsp3) is 0.176. The summed E-state index contributed by atoms with van der Waals surface area (Å²) in [6.07, 6.45) is -0.463. The predicted octanol–water partition coefficient (Wildman–Crippen LogP) is 7.12. The molecule has 0 aliphatic heterocycles. The lowest BCUT2D eigenvalue weighted by Gasteiger charge is -2.12. The van der Waals surface area contributed by atoms with E-state index in [-0.39, 0.29) is 0 Å². The first-order valence-corrected chi connectivity index (χ1v) is 9.94. The van der Waals surface area contributed by atoms with Crippen LogP contribution in [-0.4, -0.2) is 10.2 Å². The maximum atomic E-state index is 6.16. The van der Waals surface area contributed by atoms with Crippen molar-refractivity contribution in [3.8, 4) is 5.75 Å². The lowest BCUT2D eigenvalue weighted by atomic mass is 10.2. The second-order valence-electron chi connectivity index (χ2n) is 5.27. The Balaban J connectivity index is 1.63. The molecule has 4 nitrogen and oxygen atoms in total. The van der Waals surface area contributed by atoms with Crippen molar-refractivity contribution in [1.82, 2.24) is 10.2 Å². The van der Waals surface area contributed by atoms with Gasteiger partial charge in [-0.3, -0.25) is 0 Å². The molecule has 0 aliphatic carbocycles. The van der Waals surface area contributed by atoms with Crippen LogP contribution >= 0.6 is 58.2 Å². The van der Waals surface area contributed by atoms with E-state index in [1.807, 2.05) is 6.07 Å². The van der Waals surface area contributed by atoms with Gasteiger partial charge < -0.3 is 9.15 Å². The molecule has 0 spiro atoms. The van der Waals surface area contributed by atoms with Crippen molar-refractivity contribution < 1.29 is 9.15 Å². The molecule has 3 rings (SSSR count). The molecule has 0 bridgehead atoms. The third-order valence-electron chi connectivity index (χ3n) is 3.33. The summed E-state index contributed by atoms with van der Waals surface area (Å²) in [5, 5.41) is 10.6. The van der Waals surface area contributed by atoms with E-state index in [9.17, 15) is 0 Å². The Bertz CT molecular complexity index is 920. The molecule has 136 valence electrons. The smallest absolute Gasteiger partial charge is 0.277 e. The van der Waals surface area contributed by atoms with Gasteiger partial charge in [-0.15, -0.1) is 10.2 Å². The third-order valence-corrected chi connectivity index (χ3v) is 5.32. The van der Waals surface area contributed by atoms with E-state index in [1.54, 1.807) is 37.3 Å². The zero-order valence-electron chi connectivity index (χ0n) is 13.4. The minimum atomic E-state index is -0.463. The summed E-state index contributed by atoms with van der Waals surface area (Å²) in [5.74, 6) is 1.42. The van der Waals surface area contributed by atoms with Gasteiger partial charge >= 0.3 is 0 Å². The van der Waals surface area contributed by atoms with Crippen LogP contribution in [0.15, 0.2) is 46.0 Å². The third kappa shape index (κ3) is 4.99.